The van der Waals surface area contributed by atoms with Gasteiger partial charge in [0.1, 0.15) is 0 Å². The molecule has 1 aromatic carbocycles. The number of carboxylic acid groups (broad SMARTS) is 1. The number of pyridine rings is 1. The van der Waals surface area contributed by atoms with Crippen LogP contribution in [0.1, 0.15) is 10.4 Å². The summed E-state index contributed by atoms with van der Waals surface area (Å²) in [5.74, 6) is -2.24. The van der Waals surface area contributed by atoms with E-state index in [1.165, 1.54) is 18.2 Å². The fraction of sp³-hybridized carbons (Fsp3) is 0. The van der Waals surface area contributed by atoms with Gasteiger partial charge in [0, 0.05) is 11.8 Å². The third-order valence-electron chi connectivity index (χ3n) is 2.41. The number of aromatic carboxylic acids is 1. The molecule has 3 nitrogen and oxygen atoms in total. The maximum Gasteiger partial charge on any atom is 0.336 e. The van der Waals surface area contributed by atoms with Gasteiger partial charge in [-0.1, -0.05) is 34.8 Å². The zero-order valence-corrected chi connectivity index (χ0v) is 11.4. The van der Waals surface area contributed by atoms with Gasteiger partial charge in [-0.05, 0) is 18.2 Å². The lowest BCUT2D eigenvalue weighted by Gasteiger charge is -2.10. The monoisotopic (exact) mass is 319 g/mol. The molecule has 0 bridgehead atoms. The van der Waals surface area contributed by atoms with Crippen molar-refractivity contribution >= 4 is 40.8 Å². The molecule has 0 spiro atoms. The first-order valence-corrected chi connectivity index (χ1v) is 6.08. The maximum atomic E-state index is 13.8. The Morgan fingerprint density at radius 3 is 2.42 bits per heavy atom. The van der Waals surface area contributed by atoms with Crippen LogP contribution < -0.4 is 0 Å². The minimum atomic E-state index is -1.29. The average Bonchev–Trinajstić information content (AvgIpc) is 2.34. The third kappa shape index (κ3) is 2.66. The molecule has 0 unspecified atom stereocenters. The van der Waals surface area contributed by atoms with Gasteiger partial charge in [-0.25, -0.2) is 9.78 Å². The first kappa shape index (κ1) is 14.1. The molecule has 0 aliphatic rings. The molecule has 98 valence electrons. The number of rotatable bonds is 2. The number of benzene rings is 1. The largest absolute Gasteiger partial charge is 0.478 e. The molecule has 2 rings (SSSR count). The van der Waals surface area contributed by atoms with Crippen molar-refractivity contribution in [2.24, 2.45) is 0 Å². The van der Waals surface area contributed by atoms with Crippen molar-refractivity contribution in [1.82, 2.24) is 4.98 Å². The predicted molar refractivity (Wildman–Crippen MR) is 71.6 cm³/mol. The molecule has 0 radical (unpaired) electrons. The maximum absolute atomic E-state index is 13.8. The summed E-state index contributed by atoms with van der Waals surface area (Å²) in [5, 5.41) is 9.49. The van der Waals surface area contributed by atoms with Crippen molar-refractivity contribution in [2.75, 3.05) is 0 Å². The summed E-state index contributed by atoms with van der Waals surface area (Å²) in [4.78, 5) is 14.5. The molecule has 0 aliphatic carbocycles. The van der Waals surface area contributed by atoms with Crippen LogP contribution in [0, 0.1) is 5.95 Å². The lowest BCUT2D eigenvalue weighted by atomic mass is 10.0. The molecule has 0 amide bonds. The molecule has 0 saturated carbocycles. The fourth-order valence-corrected chi connectivity index (χ4v) is 2.23. The minimum absolute atomic E-state index is 0.0869. The van der Waals surface area contributed by atoms with Gasteiger partial charge in [0.2, 0.25) is 5.95 Å². The quantitative estimate of drug-likeness (QED) is 0.652. The van der Waals surface area contributed by atoms with Gasteiger partial charge in [0.15, 0.2) is 0 Å². The van der Waals surface area contributed by atoms with Crippen molar-refractivity contribution in [3.63, 3.8) is 0 Å². The van der Waals surface area contributed by atoms with E-state index < -0.39 is 11.9 Å². The lowest BCUT2D eigenvalue weighted by Crippen LogP contribution is -2.03. The van der Waals surface area contributed by atoms with Gasteiger partial charge in [-0.15, -0.1) is 0 Å². The van der Waals surface area contributed by atoms with Gasteiger partial charge in [0.25, 0.3) is 0 Å². The number of carboxylic acids is 1. The van der Waals surface area contributed by atoms with Crippen LogP contribution in [-0.4, -0.2) is 16.1 Å². The SMILES string of the molecule is O=C(O)c1ccnc(F)c1-c1cc(Cl)c(Cl)cc1Cl. The Labute approximate surface area is 122 Å². The first-order chi connectivity index (χ1) is 8.91. The van der Waals surface area contributed by atoms with E-state index in [1.54, 1.807) is 0 Å². The van der Waals surface area contributed by atoms with Gasteiger partial charge >= 0.3 is 5.97 Å². The van der Waals surface area contributed by atoms with E-state index in [0.29, 0.717) is 0 Å². The number of nitrogens with zero attached hydrogens (tertiary/aromatic N) is 1. The Kier molecular flexibility index (Phi) is 3.94. The number of carbonyl (C=O) groups is 1. The highest BCUT2D eigenvalue weighted by Crippen LogP contribution is 2.37. The third-order valence-corrected chi connectivity index (χ3v) is 3.45. The van der Waals surface area contributed by atoms with Crippen molar-refractivity contribution < 1.29 is 14.3 Å². The van der Waals surface area contributed by atoms with E-state index in [-0.39, 0.29) is 31.8 Å². The molecular weight excluding hydrogens is 315 g/mol. The molecule has 0 fully saturated rings. The van der Waals surface area contributed by atoms with E-state index >= 15 is 0 Å². The van der Waals surface area contributed by atoms with Crippen LogP contribution in [0.15, 0.2) is 24.4 Å². The highest BCUT2D eigenvalue weighted by Gasteiger charge is 2.20. The second-order valence-electron chi connectivity index (χ2n) is 3.58. The van der Waals surface area contributed by atoms with Crippen LogP contribution in [-0.2, 0) is 0 Å². The minimum Gasteiger partial charge on any atom is -0.478 e. The smallest absolute Gasteiger partial charge is 0.336 e. The van der Waals surface area contributed by atoms with Gasteiger partial charge in [0.05, 0.1) is 26.2 Å². The second-order valence-corrected chi connectivity index (χ2v) is 4.80. The summed E-state index contributed by atoms with van der Waals surface area (Å²) in [6, 6.07) is 3.80. The summed E-state index contributed by atoms with van der Waals surface area (Å²) >= 11 is 17.6. The van der Waals surface area contributed by atoms with E-state index in [0.717, 1.165) is 6.20 Å². The molecule has 19 heavy (non-hydrogen) atoms. The van der Waals surface area contributed by atoms with Gasteiger partial charge in [-0.3, -0.25) is 0 Å². The summed E-state index contributed by atoms with van der Waals surface area (Å²) in [7, 11) is 0. The number of aromatic nitrogens is 1. The highest BCUT2D eigenvalue weighted by molar-refractivity contribution is 6.44. The molecule has 1 aromatic heterocycles. The number of hydrogen-bond donors (Lipinski definition) is 1. The molecule has 1 N–H and O–H groups in total. The number of hydrogen-bond acceptors (Lipinski definition) is 2. The molecular formula is C12H5Cl3FNO2. The van der Waals surface area contributed by atoms with Gasteiger partial charge in [-0.2, -0.15) is 4.39 Å². The zero-order valence-electron chi connectivity index (χ0n) is 9.12. The predicted octanol–water partition coefficient (Wildman–Crippen LogP) is 4.55. The summed E-state index contributed by atoms with van der Waals surface area (Å²) in [6.45, 7) is 0. The van der Waals surface area contributed by atoms with Crippen LogP contribution >= 0.6 is 34.8 Å². The standard InChI is InChI=1S/C12H5Cl3FNO2/c13-7-4-9(15)8(14)3-6(7)10-5(12(18)19)1-2-17-11(10)16/h1-4H,(H,18,19). The van der Waals surface area contributed by atoms with E-state index in [1.807, 2.05) is 0 Å². The van der Waals surface area contributed by atoms with Crippen LogP contribution in [0.3, 0.4) is 0 Å². The van der Waals surface area contributed by atoms with Crippen LogP contribution in [0.2, 0.25) is 15.1 Å². The Balaban J connectivity index is 2.79. The van der Waals surface area contributed by atoms with Crippen molar-refractivity contribution in [3.8, 4) is 11.1 Å². The molecule has 2 aromatic rings. The molecule has 7 heteroatoms. The second kappa shape index (κ2) is 5.33. The first-order valence-electron chi connectivity index (χ1n) is 4.94. The van der Waals surface area contributed by atoms with E-state index in [2.05, 4.69) is 4.98 Å². The molecule has 0 atom stereocenters. The highest BCUT2D eigenvalue weighted by atomic mass is 35.5. The molecule has 0 saturated heterocycles. The Morgan fingerprint density at radius 1 is 1.16 bits per heavy atom. The Bertz CT molecular complexity index is 676. The van der Waals surface area contributed by atoms with Crippen molar-refractivity contribution in [2.45, 2.75) is 0 Å². The van der Waals surface area contributed by atoms with E-state index in [9.17, 15) is 9.18 Å². The average molecular weight is 321 g/mol. The topological polar surface area (TPSA) is 50.2 Å². The summed E-state index contributed by atoms with van der Waals surface area (Å²) in [5.41, 5.74) is -0.356. The Morgan fingerprint density at radius 2 is 1.79 bits per heavy atom. The van der Waals surface area contributed by atoms with Crippen LogP contribution in [0.5, 0.6) is 0 Å². The van der Waals surface area contributed by atoms with Crippen LogP contribution in [0.4, 0.5) is 4.39 Å². The fourth-order valence-electron chi connectivity index (χ4n) is 1.58. The van der Waals surface area contributed by atoms with E-state index in [4.69, 9.17) is 39.9 Å². The van der Waals surface area contributed by atoms with Crippen LogP contribution in [0.25, 0.3) is 11.1 Å². The number of halogens is 4. The van der Waals surface area contributed by atoms with Crippen molar-refractivity contribution in [3.05, 3.63) is 51.0 Å². The summed E-state index contributed by atoms with van der Waals surface area (Å²) in [6.07, 6.45) is 1.06. The zero-order chi connectivity index (χ0) is 14.2. The Hall–Kier alpha value is -1.36. The van der Waals surface area contributed by atoms with Gasteiger partial charge < -0.3 is 5.11 Å². The van der Waals surface area contributed by atoms with Crippen molar-refractivity contribution in [1.29, 1.82) is 0 Å². The molecule has 0 aliphatic heterocycles. The molecule has 1 heterocycles. The summed E-state index contributed by atoms with van der Waals surface area (Å²) < 4.78 is 13.8. The normalized spacial score (nSPS) is 10.5. The lowest BCUT2D eigenvalue weighted by molar-refractivity contribution is 0.0697.